The predicted molar refractivity (Wildman–Crippen MR) is 101 cm³/mol. The van der Waals surface area contributed by atoms with Gasteiger partial charge in [0, 0.05) is 18.7 Å². The summed E-state index contributed by atoms with van der Waals surface area (Å²) in [4.78, 5) is 27.2. The maximum absolute atomic E-state index is 12.8. The number of carbonyl (C=O) groups excluding carboxylic acids is 2. The van der Waals surface area contributed by atoms with Crippen molar-refractivity contribution in [3.05, 3.63) is 59.7 Å². The molecule has 0 spiro atoms. The molecule has 1 fully saturated rings. The van der Waals surface area contributed by atoms with Crippen molar-refractivity contribution in [2.45, 2.75) is 19.8 Å². The van der Waals surface area contributed by atoms with E-state index in [0.29, 0.717) is 30.1 Å². The van der Waals surface area contributed by atoms with Crippen LogP contribution in [0.3, 0.4) is 0 Å². The molecular formula is C21H24N2O3. The molecule has 0 saturated carbocycles. The quantitative estimate of drug-likeness (QED) is 0.916. The SMILES string of the molecule is COc1ccccc1NC(=O)[C@@H]1CCCN(C(=O)c2cccc(C)c2)C1. The van der Waals surface area contributed by atoms with Gasteiger partial charge < -0.3 is 15.0 Å². The smallest absolute Gasteiger partial charge is 0.253 e. The van der Waals surface area contributed by atoms with Crippen LogP contribution in [-0.2, 0) is 4.79 Å². The normalized spacial score (nSPS) is 16.8. The summed E-state index contributed by atoms with van der Waals surface area (Å²) in [5, 5.41) is 2.94. The Hall–Kier alpha value is -2.82. The lowest BCUT2D eigenvalue weighted by atomic mass is 9.96. The van der Waals surface area contributed by atoms with Gasteiger partial charge in [-0.2, -0.15) is 0 Å². The number of hydrogen-bond acceptors (Lipinski definition) is 3. The standard InChI is InChI=1S/C21H24N2O3/c1-15-7-5-8-16(13-15)21(25)23-12-6-9-17(14-23)20(24)22-18-10-3-4-11-19(18)26-2/h3-5,7-8,10-11,13,17H,6,9,12,14H2,1-2H3,(H,22,24)/t17-/m1/s1. The van der Waals surface area contributed by atoms with Gasteiger partial charge in [0.1, 0.15) is 5.75 Å². The Morgan fingerprint density at radius 3 is 2.73 bits per heavy atom. The first-order valence-corrected chi connectivity index (χ1v) is 8.88. The summed E-state index contributed by atoms with van der Waals surface area (Å²) in [5.41, 5.74) is 2.39. The van der Waals surface area contributed by atoms with Gasteiger partial charge in [-0.05, 0) is 44.0 Å². The fourth-order valence-electron chi connectivity index (χ4n) is 3.32. The number of amides is 2. The largest absolute Gasteiger partial charge is 0.495 e. The number of piperidine rings is 1. The third-order valence-corrected chi connectivity index (χ3v) is 4.71. The van der Waals surface area contributed by atoms with E-state index in [0.717, 1.165) is 18.4 Å². The minimum Gasteiger partial charge on any atom is -0.495 e. The molecule has 0 radical (unpaired) electrons. The first-order chi connectivity index (χ1) is 12.6. The van der Waals surface area contributed by atoms with Crippen LogP contribution in [0.1, 0.15) is 28.8 Å². The van der Waals surface area contributed by atoms with Gasteiger partial charge in [-0.3, -0.25) is 9.59 Å². The Labute approximate surface area is 154 Å². The Bertz CT molecular complexity index is 803. The van der Waals surface area contributed by atoms with E-state index in [-0.39, 0.29) is 17.7 Å². The van der Waals surface area contributed by atoms with E-state index in [2.05, 4.69) is 5.32 Å². The van der Waals surface area contributed by atoms with Crippen LogP contribution in [0.2, 0.25) is 0 Å². The summed E-state index contributed by atoms with van der Waals surface area (Å²) < 4.78 is 5.28. The summed E-state index contributed by atoms with van der Waals surface area (Å²) in [6.45, 7) is 3.09. The van der Waals surface area contributed by atoms with Gasteiger partial charge in [0.25, 0.3) is 5.91 Å². The molecule has 0 aliphatic carbocycles. The number of methoxy groups -OCH3 is 1. The van der Waals surface area contributed by atoms with E-state index in [1.54, 1.807) is 12.0 Å². The Morgan fingerprint density at radius 1 is 1.15 bits per heavy atom. The van der Waals surface area contributed by atoms with Crippen LogP contribution >= 0.6 is 0 Å². The van der Waals surface area contributed by atoms with Gasteiger partial charge >= 0.3 is 0 Å². The molecule has 2 amide bonds. The molecular weight excluding hydrogens is 328 g/mol. The van der Waals surface area contributed by atoms with Crippen molar-refractivity contribution >= 4 is 17.5 Å². The Balaban J connectivity index is 1.68. The zero-order valence-electron chi connectivity index (χ0n) is 15.2. The molecule has 1 N–H and O–H groups in total. The van der Waals surface area contributed by atoms with Gasteiger partial charge in [0.15, 0.2) is 0 Å². The molecule has 1 aliphatic rings. The van der Waals surface area contributed by atoms with Crippen molar-refractivity contribution < 1.29 is 14.3 Å². The van der Waals surface area contributed by atoms with E-state index in [1.165, 1.54) is 0 Å². The summed E-state index contributed by atoms with van der Waals surface area (Å²) in [6, 6.07) is 14.9. The summed E-state index contributed by atoms with van der Waals surface area (Å²) in [5.74, 6) is 0.325. The second-order valence-electron chi connectivity index (χ2n) is 6.65. The van der Waals surface area contributed by atoms with E-state index in [9.17, 15) is 9.59 Å². The van der Waals surface area contributed by atoms with Gasteiger partial charge in [-0.1, -0.05) is 29.8 Å². The highest BCUT2D eigenvalue weighted by Gasteiger charge is 2.29. The van der Waals surface area contributed by atoms with E-state index in [1.807, 2.05) is 55.5 Å². The maximum Gasteiger partial charge on any atom is 0.253 e. The third kappa shape index (κ3) is 4.04. The topological polar surface area (TPSA) is 58.6 Å². The minimum absolute atomic E-state index is 0.0107. The van der Waals surface area contributed by atoms with Crippen molar-refractivity contribution in [2.75, 3.05) is 25.5 Å². The number of aryl methyl sites for hydroxylation is 1. The number of hydrogen-bond donors (Lipinski definition) is 1. The van der Waals surface area contributed by atoms with Crippen LogP contribution in [0.5, 0.6) is 5.75 Å². The van der Waals surface area contributed by atoms with Crippen LogP contribution < -0.4 is 10.1 Å². The Morgan fingerprint density at radius 2 is 1.96 bits per heavy atom. The second kappa shape index (κ2) is 8.04. The molecule has 136 valence electrons. The van der Waals surface area contributed by atoms with E-state index < -0.39 is 0 Å². The number of nitrogens with one attached hydrogen (secondary N) is 1. The predicted octanol–water partition coefficient (Wildman–Crippen LogP) is 3.49. The molecule has 1 atom stereocenters. The molecule has 2 aromatic carbocycles. The first kappa shape index (κ1) is 18.0. The maximum atomic E-state index is 12.8. The number of rotatable bonds is 4. The van der Waals surface area contributed by atoms with Crippen LogP contribution in [0.15, 0.2) is 48.5 Å². The van der Waals surface area contributed by atoms with Crippen LogP contribution in [0.4, 0.5) is 5.69 Å². The molecule has 1 aliphatic heterocycles. The molecule has 0 unspecified atom stereocenters. The van der Waals surface area contributed by atoms with Gasteiger partial charge in [-0.15, -0.1) is 0 Å². The molecule has 5 heteroatoms. The molecule has 0 aromatic heterocycles. The average molecular weight is 352 g/mol. The lowest BCUT2D eigenvalue weighted by Gasteiger charge is -2.32. The molecule has 1 heterocycles. The number of anilines is 1. The highest BCUT2D eigenvalue weighted by atomic mass is 16.5. The van der Waals surface area contributed by atoms with Crippen molar-refractivity contribution in [3.8, 4) is 5.75 Å². The number of carbonyl (C=O) groups is 2. The monoisotopic (exact) mass is 352 g/mol. The molecule has 26 heavy (non-hydrogen) atoms. The van der Waals surface area contributed by atoms with Crippen molar-refractivity contribution in [1.29, 1.82) is 0 Å². The van der Waals surface area contributed by atoms with Gasteiger partial charge in [0.05, 0.1) is 18.7 Å². The minimum atomic E-state index is -0.220. The number of likely N-dealkylation sites (tertiary alicyclic amines) is 1. The zero-order chi connectivity index (χ0) is 18.5. The number of ether oxygens (including phenoxy) is 1. The van der Waals surface area contributed by atoms with E-state index >= 15 is 0 Å². The van der Waals surface area contributed by atoms with Gasteiger partial charge in [-0.25, -0.2) is 0 Å². The zero-order valence-corrected chi connectivity index (χ0v) is 15.2. The van der Waals surface area contributed by atoms with Crippen molar-refractivity contribution in [1.82, 2.24) is 4.90 Å². The Kier molecular flexibility index (Phi) is 5.56. The number of para-hydroxylation sites is 2. The highest BCUT2D eigenvalue weighted by Crippen LogP contribution is 2.26. The van der Waals surface area contributed by atoms with Gasteiger partial charge in [0.2, 0.25) is 5.91 Å². The fourth-order valence-corrected chi connectivity index (χ4v) is 3.32. The summed E-state index contributed by atoms with van der Waals surface area (Å²) in [7, 11) is 1.58. The summed E-state index contributed by atoms with van der Waals surface area (Å²) in [6.07, 6.45) is 1.60. The molecule has 3 rings (SSSR count). The van der Waals surface area contributed by atoms with Crippen molar-refractivity contribution in [2.24, 2.45) is 5.92 Å². The molecule has 1 saturated heterocycles. The molecule has 2 aromatic rings. The molecule has 0 bridgehead atoms. The third-order valence-electron chi connectivity index (χ3n) is 4.71. The average Bonchev–Trinajstić information content (AvgIpc) is 2.68. The number of benzene rings is 2. The van der Waals surface area contributed by atoms with Crippen LogP contribution in [0.25, 0.3) is 0 Å². The first-order valence-electron chi connectivity index (χ1n) is 8.88. The fraction of sp³-hybridized carbons (Fsp3) is 0.333. The lowest BCUT2D eigenvalue weighted by molar-refractivity contribution is -0.121. The highest BCUT2D eigenvalue weighted by molar-refractivity contribution is 5.97. The molecule has 5 nitrogen and oxygen atoms in total. The lowest BCUT2D eigenvalue weighted by Crippen LogP contribution is -2.43. The second-order valence-corrected chi connectivity index (χ2v) is 6.65. The summed E-state index contributed by atoms with van der Waals surface area (Å²) >= 11 is 0. The van der Waals surface area contributed by atoms with Crippen LogP contribution in [0, 0.1) is 12.8 Å². The van der Waals surface area contributed by atoms with Crippen LogP contribution in [-0.4, -0.2) is 36.9 Å². The number of nitrogens with zero attached hydrogens (tertiary/aromatic N) is 1. The van der Waals surface area contributed by atoms with Crippen molar-refractivity contribution in [3.63, 3.8) is 0 Å². The van der Waals surface area contributed by atoms with E-state index in [4.69, 9.17) is 4.74 Å².